The standard InChI is InChI=1S/C20H22N2O2.C2H6.H2/c1-12-4-3-5-15-14(12)7-8-18(15)22-19-9-6-13(11-21-19)16-10-17(16)20(23)24-2;1-2;/h3-6,9,11,16-18H,7-8,10H2,1-2H3,(H,21,22);1-2H3;1H/t16-,17+,18-;;/m1../s1. The van der Waals surface area contributed by atoms with Crippen molar-refractivity contribution in [1.82, 2.24) is 4.98 Å². The van der Waals surface area contributed by atoms with Crippen LogP contribution in [-0.2, 0) is 16.0 Å². The number of fused-ring (bicyclic) bond motifs is 1. The topological polar surface area (TPSA) is 51.2 Å². The maximum Gasteiger partial charge on any atom is 0.309 e. The largest absolute Gasteiger partial charge is 0.469 e. The number of methoxy groups -OCH3 is 1. The van der Waals surface area contributed by atoms with Gasteiger partial charge in [0.25, 0.3) is 0 Å². The zero-order valence-corrected chi connectivity index (χ0v) is 16.1. The van der Waals surface area contributed by atoms with E-state index >= 15 is 0 Å². The molecule has 0 aliphatic heterocycles. The summed E-state index contributed by atoms with van der Waals surface area (Å²) in [6.07, 6.45) is 5.00. The van der Waals surface area contributed by atoms with E-state index in [1.165, 1.54) is 23.8 Å². The average molecular weight is 354 g/mol. The molecule has 0 amide bonds. The number of aryl methyl sites for hydroxylation is 1. The molecular weight excluding hydrogens is 324 g/mol. The SMILES string of the molecule is CC.COC(=O)[C@H]1C[C@@H]1c1ccc(N[C@@H]2CCc3c(C)cccc32)nc1.[HH]. The van der Waals surface area contributed by atoms with Gasteiger partial charge in [-0.1, -0.05) is 38.1 Å². The molecular formula is C22H30N2O2. The first kappa shape index (κ1) is 18.4. The molecule has 0 unspecified atom stereocenters. The van der Waals surface area contributed by atoms with Crippen LogP contribution < -0.4 is 5.32 Å². The Bertz CT molecular complexity index is 776. The van der Waals surface area contributed by atoms with Crippen molar-refractivity contribution < 1.29 is 11.0 Å². The molecule has 26 heavy (non-hydrogen) atoms. The number of benzene rings is 1. The molecule has 3 atom stereocenters. The molecule has 0 radical (unpaired) electrons. The monoisotopic (exact) mass is 354 g/mol. The molecule has 4 nitrogen and oxygen atoms in total. The van der Waals surface area contributed by atoms with Crippen molar-refractivity contribution in [3.05, 3.63) is 58.8 Å². The fourth-order valence-corrected chi connectivity index (χ4v) is 3.85. The van der Waals surface area contributed by atoms with Gasteiger partial charge in [-0.3, -0.25) is 4.79 Å². The van der Waals surface area contributed by atoms with E-state index in [4.69, 9.17) is 4.74 Å². The lowest BCUT2D eigenvalue weighted by atomic mass is 10.0. The highest BCUT2D eigenvalue weighted by molar-refractivity contribution is 5.77. The Balaban J connectivity index is 0.000000844. The fourth-order valence-electron chi connectivity index (χ4n) is 3.85. The highest BCUT2D eigenvalue weighted by Crippen LogP contribution is 2.48. The second-order valence-corrected chi connectivity index (χ2v) is 6.83. The smallest absolute Gasteiger partial charge is 0.309 e. The number of aromatic nitrogens is 1. The van der Waals surface area contributed by atoms with Gasteiger partial charge in [-0.25, -0.2) is 4.98 Å². The molecule has 0 spiro atoms. The molecule has 0 saturated heterocycles. The number of nitrogens with zero attached hydrogens (tertiary/aromatic N) is 1. The molecule has 1 fully saturated rings. The van der Waals surface area contributed by atoms with Gasteiger partial charge in [0, 0.05) is 7.62 Å². The minimum atomic E-state index is -0.111. The molecule has 1 heterocycles. The number of hydrogen-bond acceptors (Lipinski definition) is 4. The molecule has 1 aromatic heterocycles. The number of rotatable bonds is 4. The van der Waals surface area contributed by atoms with Crippen LogP contribution in [0.3, 0.4) is 0 Å². The fraction of sp³-hybridized carbons (Fsp3) is 0.455. The molecule has 2 aliphatic rings. The number of ether oxygens (including phenoxy) is 1. The van der Waals surface area contributed by atoms with Gasteiger partial charge in [0.05, 0.1) is 19.1 Å². The first-order valence-corrected chi connectivity index (χ1v) is 9.56. The van der Waals surface area contributed by atoms with Crippen molar-refractivity contribution >= 4 is 11.8 Å². The summed E-state index contributed by atoms with van der Waals surface area (Å²) in [6.45, 7) is 6.18. The zero-order chi connectivity index (χ0) is 18.7. The molecule has 1 saturated carbocycles. The summed E-state index contributed by atoms with van der Waals surface area (Å²) in [5.41, 5.74) is 5.38. The van der Waals surface area contributed by atoms with Crippen LogP contribution in [0.15, 0.2) is 36.5 Å². The summed E-state index contributed by atoms with van der Waals surface area (Å²) >= 11 is 0. The lowest BCUT2D eigenvalue weighted by Crippen LogP contribution is -2.08. The summed E-state index contributed by atoms with van der Waals surface area (Å²) in [5.74, 6) is 1.07. The van der Waals surface area contributed by atoms with Crippen LogP contribution in [0.5, 0.6) is 0 Å². The number of carbonyl (C=O) groups excluding carboxylic acids is 1. The van der Waals surface area contributed by atoms with Gasteiger partial charge in [-0.15, -0.1) is 0 Å². The van der Waals surface area contributed by atoms with Gasteiger partial charge < -0.3 is 10.1 Å². The van der Waals surface area contributed by atoms with E-state index in [9.17, 15) is 4.79 Å². The number of nitrogens with one attached hydrogen (secondary N) is 1. The van der Waals surface area contributed by atoms with Crippen molar-refractivity contribution in [3.63, 3.8) is 0 Å². The van der Waals surface area contributed by atoms with Crippen molar-refractivity contribution in [3.8, 4) is 0 Å². The van der Waals surface area contributed by atoms with Gasteiger partial charge in [-0.05, 0) is 60.4 Å². The molecule has 4 rings (SSSR count). The highest BCUT2D eigenvalue weighted by atomic mass is 16.5. The molecule has 1 N–H and O–H groups in total. The van der Waals surface area contributed by atoms with E-state index in [-0.39, 0.29) is 19.2 Å². The van der Waals surface area contributed by atoms with Gasteiger partial charge in [0.15, 0.2) is 0 Å². The van der Waals surface area contributed by atoms with Gasteiger partial charge in [0.1, 0.15) is 5.82 Å². The predicted octanol–water partition coefficient (Wildman–Crippen LogP) is 5.04. The van der Waals surface area contributed by atoms with E-state index < -0.39 is 0 Å². The van der Waals surface area contributed by atoms with Gasteiger partial charge in [-0.2, -0.15) is 0 Å². The summed E-state index contributed by atoms with van der Waals surface area (Å²) in [6, 6.07) is 11.0. The summed E-state index contributed by atoms with van der Waals surface area (Å²) in [4.78, 5) is 16.1. The van der Waals surface area contributed by atoms with Crippen LogP contribution in [0, 0.1) is 12.8 Å². The molecule has 140 valence electrons. The lowest BCUT2D eigenvalue weighted by molar-refractivity contribution is -0.142. The number of esters is 1. The molecule has 2 aliphatic carbocycles. The Labute approximate surface area is 157 Å². The van der Waals surface area contributed by atoms with Gasteiger partial charge in [0.2, 0.25) is 0 Å². The van der Waals surface area contributed by atoms with Crippen LogP contribution in [0.2, 0.25) is 0 Å². The average Bonchev–Trinajstić information content (AvgIpc) is 3.38. The minimum absolute atomic E-state index is 0. The third kappa shape index (κ3) is 3.59. The van der Waals surface area contributed by atoms with E-state index in [2.05, 4.69) is 41.5 Å². The second-order valence-electron chi connectivity index (χ2n) is 6.83. The third-order valence-electron chi connectivity index (χ3n) is 5.34. The molecule has 2 aromatic rings. The van der Waals surface area contributed by atoms with E-state index in [0.29, 0.717) is 6.04 Å². The summed E-state index contributed by atoms with van der Waals surface area (Å²) < 4.78 is 4.81. The Hall–Kier alpha value is -2.36. The van der Waals surface area contributed by atoms with Crippen molar-refractivity contribution in [2.24, 2.45) is 5.92 Å². The van der Waals surface area contributed by atoms with Gasteiger partial charge >= 0.3 is 5.97 Å². The predicted molar refractivity (Wildman–Crippen MR) is 106 cm³/mol. The Morgan fingerprint density at radius 2 is 2.08 bits per heavy atom. The normalized spacial score (nSPS) is 22.7. The number of carbonyl (C=O) groups is 1. The highest BCUT2D eigenvalue weighted by Gasteiger charge is 2.45. The van der Waals surface area contributed by atoms with Crippen molar-refractivity contribution in [1.29, 1.82) is 0 Å². The van der Waals surface area contributed by atoms with Crippen LogP contribution in [0.4, 0.5) is 5.82 Å². The number of pyridine rings is 1. The zero-order valence-electron chi connectivity index (χ0n) is 16.1. The maximum absolute atomic E-state index is 11.5. The van der Waals surface area contributed by atoms with E-state index in [1.54, 1.807) is 0 Å². The molecule has 0 bridgehead atoms. The quantitative estimate of drug-likeness (QED) is 0.782. The summed E-state index contributed by atoms with van der Waals surface area (Å²) in [5, 5.41) is 3.55. The van der Waals surface area contributed by atoms with Crippen molar-refractivity contribution in [2.45, 2.75) is 52.0 Å². The van der Waals surface area contributed by atoms with Crippen molar-refractivity contribution in [2.75, 3.05) is 12.4 Å². The Kier molecular flexibility index (Phi) is 5.60. The second kappa shape index (κ2) is 7.90. The first-order chi connectivity index (χ1) is 12.7. The summed E-state index contributed by atoms with van der Waals surface area (Å²) in [7, 11) is 1.45. The number of hydrogen-bond donors (Lipinski definition) is 1. The van der Waals surface area contributed by atoms with Crippen LogP contribution >= 0.6 is 0 Å². The Morgan fingerprint density at radius 3 is 2.77 bits per heavy atom. The first-order valence-electron chi connectivity index (χ1n) is 9.56. The maximum atomic E-state index is 11.5. The molecule has 4 heteroatoms. The molecule has 1 aromatic carbocycles. The van der Waals surface area contributed by atoms with E-state index in [0.717, 1.165) is 30.6 Å². The van der Waals surface area contributed by atoms with Crippen LogP contribution in [-0.4, -0.2) is 18.1 Å². The Morgan fingerprint density at radius 1 is 1.27 bits per heavy atom. The van der Waals surface area contributed by atoms with Crippen LogP contribution in [0.1, 0.15) is 62.3 Å². The lowest BCUT2D eigenvalue weighted by Gasteiger charge is -2.15. The third-order valence-corrected chi connectivity index (χ3v) is 5.34. The van der Waals surface area contributed by atoms with Crippen LogP contribution in [0.25, 0.3) is 0 Å². The van der Waals surface area contributed by atoms with E-state index in [1.807, 2.05) is 26.1 Å². The minimum Gasteiger partial charge on any atom is -0.469 e. The number of anilines is 1.